The van der Waals surface area contributed by atoms with Gasteiger partial charge >= 0.3 is 0 Å². The maximum atomic E-state index is 12.5. The molecular weight excluding hydrogens is 402 g/mol. The number of aryl methyl sites for hydroxylation is 1. The van der Waals surface area contributed by atoms with E-state index in [0.29, 0.717) is 18.1 Å². The molecule has 3 aromatic rings. The number of nitrogens with one attached hydrogen (secondary N) is 3. The first-order chi connectivity index (χ1) is 14.3. The number of thiophene rings is 1. The molecule has 3 N–H and O–H groups in total. The molecule has 0 aliphatic rings. The number of aromatic nitrogens is 2. The van der Waals surface area contributed by atoms with Gasteiger partial charge in [-0.05, 0) is 36.4 Å². The van der Waals surface area contributed by atoms with E-state index in [4.69, 9.17) is 0 Å². The van der Waals surface area contributed by atoms with E-state index >= 15 is 0 Å². The Morgan fingerprint density at radius 1 is 1.21 bits per heavy atom. The van der Waals surface area contributed by atoms with E-state index in [0.717, 1.165) is 36.6 Å². The minimum Gasteiger partial charge on any atom is -0.355 e. The summed E-state index contributed by atoms with van der Waals surface area (Å²) in [5, 5.41) is 8.28. The first-order valence-corrected chi connectivity index (χ1v) is 11.6. The van der Waals surface area contributed by atoms with Crippen LogP contribution in [0.5, 0.6) is 0 Å². The molecule has 1 amide bonds. The quantitative estimate of drug-likeness (QED) is 0.262. The maximum Gasteiger partial charge on any atom is 0.257 e. The number of hydrogen-bond donors (Lipinski definition) is 3. The number of hydrogen-bond acceptors (Lipinski definition) is 5. The van der Waals surface area contributed by atoms with Crippen molar-refractivity contribution in [2.75, 3.05) is 18.8 Å². The van der Waals surface area contributed by atoms with Gasteiger partial charge in [0.2, 0.25) is 0 Å². The number of H-pyrrole nitrogens is 1. The van der Waals surface area contributed by atoms with Crippen LogP contribution in [-0.4, -0.2) is 40.7 Å². The lowest BCUT2D eigenvalue weighted by molar-refractivity contribution is 0.0976. The molecule has 8 heteroatoms. The Balaban J connectivity index is 1.47. The highest BCUT2D eigenvalue weighted by atomic mass is 32.2. The van der Waals surface area contributed by atoms with Crippen LogP contribution in [0.15, 0.2) is 65.4 Å². The Morgan fingerprint density at radius 2 is 2.10 bits per heavy atom. The number of imidazole rings is 1. The van der Waals surface area contributed by atoms with Gasteiger partial charge in [0.05, 0.1) is 6.33 Å². The average molecular weight is 428 g/mol. The first-order valence-electron chi connectivity index (χ1n) is 9.53. The van der Waals surface area contributed by atoms with Crippen LogP contribution < -0.4 is 10.6 Å². The summed E-state index contributed by atoms with van der Waals surface area (Å²) in [4.78, 5) is 25.5. The Hall–Kier alpha value is -2.58. The van der Waals surface area contributed by atoms with E-state index in [2.05, 4.69) is 43.1 Å². The molecule has 0 atom stereocenters. The predicted octanol–water partition coefficient (Wildman–Crippen LogP) is 3.71. The molecule has 0 saturated carbocycles. The van der Waals surface area contributed by atoms with Crippen molar-refractivity contribution in [1.29, 1.82) is 0 Å². The standard InChI is InChI=1S/C21H25N5OS2/c27-20(17-6-2-1-3-7-17)26-21(23-10-4-8-18-14-22-16-25-18)24-11-13-28-15-19-9-5-12-29-19/h1-3,5-7,9,12,14,16H,4,8,10-11,13,15H2,(H,22,25)(H2,23,24,26,27). The van der Waals surface area contributed by atoms with Crippen molar-refractivity contribution in [1.82, 2.24) is 20.6 Å². The number of carbonyl (C=O) groups excluding carboxylic acids is 1. The molecule has 2 heterocycles. The number of benzene rings is 1. The molecule has 0 fully saturated rings. The number of aliphatic imine (C=N–C) groups is 1. The number of amides is 1. The normalized spacial score (nSPS) is 11.4. The summed E-state index contributed by atoms with van der Waals surface area (Å²) >= 11 is 3.64. The summed E-state index contributed by atoms with van der Waals surface area (Å²) in [7, 11) is 0. The van der Waals surface area contributed by atoms with Crippen molar-refractivity contribution in [2.24, 2.45) is 4.99 Å². The number of carbonyl (C=O) groups is 1. The van der Waals surface area contributed by atoms with Crippen LogP contribution in [-0.2, 0) is 12.2 Å². The fourth-order valence-electron chi connectivity index (χ4n) is 2.60. The maximum absolute atomic E-state index is 12.5. The van der Waals surface area contributed by atoms with Gasteiger partial charge in [-0.15, -0.1) is 11.3 Å². The largest absolute Gasteiger partial charge is 0.355 e. The summed E-state index contributed by atoms with van der Waals surface area (Å²) in [6.07, 6.45) is 5.26. The van der Waals surface area contributed by atoms with Gasteiger partial charge in [-0.1, -0.05) is 24.3 Å². The van der Waals surface area contributed by atoms with Crippen LogP contribution in [0.3, 0.4) is 0 Å². The minimum absolute atomic E-state index is 0.156. The number of nitrogens with zero attached hydrogens (tertiary/aromatic N) is 2. The van der Waals surface area contributed by atoms with Crippen LogP contribution in [0.4, 0.5) is 0 Å². The molecule has 29 heavy (non-hydrogen) atoms. The van der Waals surface area contributed by atoms with Crippen LogP contribution in [0, 0.1) is 0 Å². The van der Waals surface area contributed by atoms with E-state index in [-0.39, 0.29) is 5.91 Å². The van der Waals surface area contributed by atoms with Crippen molar-refractivity contribution in [2.45, 2.75) is 18.6 Å². The second kappa shape index (κ2) is 12.1. The summed E-state index contributed by atoms with van der Waals surface area (Å²) in [6, 6.07) is 13.4. The molecule has 0 radical (unpaired) electrons. The van der Waals surface area contributed by atoms with E-state index < -0.39 is 0 Å². The molecule has 0 spiro atoms. The highest BCUT2D eigenvalue weighted by Crippen LogP contribution is 2.16. The van der Waals surface area contributed by atoms with Gasteiger partial charge in [0, 0.05) is 46.9 Å². The van der Waals surface area contributed by atoms with Gasteiger partial charge in [-0.3, -0.25) is 15.1 Å². The summed E-state index contributed by atoms with van der Waals surface area (Å²) < 4.78 is 0. The molecule has 6 nitrogen and oxygen atoms in total. The third-order valence-corrected chi connectivity index (χ3v) is 6.13. The lowest BCUT2D eigenvalue weighted by atomic mass is 10.2. The predicted molar refractivity (Wildman–Crippen MR) is 122 cm³/mol. The van der Waals surface area contributed by atoms with Crippen LogP contribution >= 0.6 is 23.1 Å². The smallest absolute Gasteiger partial charge is 0.257 e. The summed E-state index contributed by atoms with van der Waals surface area (Å²) in [5.74, 6) is 2.32. The summed E-state index contributed by atoms with van der Waals surface area (Å²) in [5.41, 5.74) is 1.71. The molecule has 2 aromatic heterocycles. The zero-order valence-corrected chi connectivity index (χ0v) is 17.8. The fraction of sp³-hybridized carbons (Fsp3) is 0.286. The van der Waals surface area contributed by atoms with Gasteiger partial charge in [-0.2, -0.15) is 11.8 Å². The van der Waals surface area contributed by atoms with Crippen molar-refractivity contribution in [3.63, 3.8) is 0 Å². The van der Waals surface area contributed by atoms with Crippen molar-refractivity contribution in [3.05, 3.63) is 76.5 Å². The van der Waals surface area contributed by atoms with Crippen LogP contribution in [0.2, 0.25) is 0 Å². The zero-order valence-electron chi connectivity index (χ0n) is 16.1. The molecule has 1 aromatic carbocycles. The lowest BCUT2D eigenvalue weighted by Gasteiger charge is -2.12. The van der Waals surface area contributed by atoms with Gasteiger partial charge in [0.15, 0.2) is 5.96 Å². The molecule has 3 rings (SSSR count). The van der Waals surface area contributed by atoms with E-state index in [1.807, 2.05) is 36.2 Å². The Morgan fingerprint density at radius 3 is 2.86 bits per heavy atom. The van der Waals surface area contributed by atoms with Gasteiger partial charge in [0.25, 0.3) is 5.91 Å². The number of rotatable bonds is 10. The third-order valence-electron chi connectivity index (χ3n) is 4.06. The van der Waals surface area contributed by atoms with Crippen LogP contribution in [0.1, 0.15) is 27.3 Å². The second-order valence-corrected chi connectivity index (χ2v) is 8.43. The molecule has 0 aliphatic heterocycles. The average Bonchev–Trinajstić information content (AvgIpc) is 3.45. The lowest BCUT2D eigenvalue weighted by Crippen LogP contribution is -2.42. The molecule has 0 aliphatic carbocycles. The third kappa shape index (κ3) is 7.75. The topological polar surface area (TPSA) is 82.2 Å². The van der Waals surface area contributed by atoms with Gasteiger partial charge < -0.3 is 10.3 Å². The fourth-order valence-corrected chi connectivity index (χ4v) is 4.30. The van der Waals surface area contributed by atoms with Crippen molar-refractivity contribution < 1.29 is 4.79 Å². The number of aromatic amines is 1. The first kappa shape index (κ1) is 21.1. The zero-order chi connectivity index (χ0) is 20.2. The minimum atomic E-state index is -0.156. The highest BCUT2D eigenvalue weighted by Gasteiger charge is 2.08. The number of guanidine groups is 1. The van der Waals surface area contributed by atoms with E-state index in [1.54, 1.807) is 29.8 Å². The summed E-state index contributed by atoms with van der Waals surface area (Å²) in [6.45, 7) is 1.36. The Bertz CT molecular complexity index is 864. The van der Waals surface area contributed by atoms with Gasteiger partial charge in [0.1, 0.15) is 0 Å². The highest BCUT2D eigenvalue weighted by molar-refractivity contribution is 7.98. The van der Waals surface area contributed by atoms with E-state index in [9.17, 15) is 4.79 Å². The van der Waals surface area contributed by atoms with Crippen molar-refractivity contribution >= 4 is 35.0 Å². The Kier molecular flexibility index (Phi) is 8.81. The monoisotopic (exact) mass is 427 g/mol. The van der Waals surface area contributed by atoms with Crippen LogP contribution in [0.25, 0.3) is 0 Å². The molecule has 0 saturated heterocycles. The molecule has 0 bridgehead atoms. The molecule has 152 valence electrons. The van der Waals surface area contributed by atoms with E-state index in [1.165, 1.54) is 4.88 Å². The van der Waals surface area contributed by atoms with Crippen molar-refractivity contribution in [3.8, 4) is 0 Å². The van der Waals surface area contributed by atoms with Gasteiger partial charge in [-0.25, -0.2) is 4.98 Å². The Labute approximate surface area is 179 Å². The molecular formula is C21H25N5OS2. The molecule has 0 unspecified atom stereocenters. The second-order valence-electron chi connectivity index (χ2n) is 6.29. The number of thioether (sulfide) groups is 1. The SMILES string of the molecule is O=C(NC(=NCCCc1cnc[nH]1)NCCSCc1cccs1)c1ccccc1.